The summed E-state index contributed by atoms with van der Waals surface area (Å²) < 4.78 is 64.6. The van der Waals surface area contributed by atoms with Gasteiger partial charge in [-0.3, -0.25) is 4.90 Å². The van der Waals surface area contributed by atoms with Crippen molar-refractivity contribution in [3.05, 3.63) is 30.3 Å². The van der Waals surface area contributed by atoms with Crippen LogP contribution in [0, 0.1) is 5.82 Å². The SMILES string of the molecule is Fc1cccc2c(N3CCN(CC(F)(F)C(F)F)CC3)ncnc12. The second-order valence-corrected chi connectivity index (χ2v) is 5.66. The minimum Gasteiger partial charge on any atom is -0.353 e. The summed E-state index contributed by atoms with van der Waals surface area (Å²) in [6.45, 7) is 0.0911. The molecule has 9 heteroatoms. The van der Waals surface area contributed by atoms with Gasteiger partial charge in [-0.25, -0.2) is 23.1 Å². The molecule has 0 radical (unpaired) electrons. The van der Waals surface area contributed by atoms with E-state index in [1.807, 2.05) is 4.90 Å². The minimum atomic E-state index is -4.02. The summed E-state index contributed by atoms with van der Waals surface area (Å²) in [5.41, 5.74) is 0.189. The predicted octanol–water partition coefficient (Wildman–Crippen LogP) is 2.79. The summed E-state index contributed by atoms with van der Waals surface area (Å²) in [6.07, 6.45) is -2.43. The molecule has 3 rings (SSSR count). The van der Waals surface area contributed by atoms with Crippen molar-refractivity contribution in [1.29, 1.82) is 0 Å². The van der Waals surface area contributed by atoms with E-state index in [0.29, 0.717) is 24.3 Å². The number of hydrogen-bond acceptors (Lipinski definition) is 4. The van der Waals surface area contributed by atoms with E-state index in [2.05, 4.69) is 9.97 Å². The highest BCUT2D eigenvalue weighted by atomic mass is 19.3. The van der Waals surface area contributed by atoms with Gasteiger partial charge in [0.1, 0.15) is 23.5 Å². The molecular formula is C15H15F5N4. The third-order valence-electron chi connectivity index (χ3n) is 4.02. The van der Waals surface area contributed by atoms with Gasteiger partial charge in [-0.15, -0.1) is 0 Å². The zero-order chi connectivity index (χ0) is 17.3. The summed E-state index contributed by atoms with van der Waals surface area (Å²) in [5, 5.41) is 0.531. The number of para-hydroxylation sites is 1. The van der Waals surface area contributed by atoms with E-state index in [-0.39, 0.29) is 18.6 Å². The van der Waals surface area contributed by atoms with Crippen LogP contribution in [0.15, 0.2) is 24.5 Å². The Kier molecular flexibility index (Phi) is 4.53. The van der Waals surface area contributed by atoms with Crippen LogP contribution < -0.4 is 4.90 Å². The van der Waals surface area contributed by atoms with Crippen LogP contribution in [-0.4, -0.2) is 59.9 Å². The van der Waals surface area contributed by atoms with Crippen molar-refractivity contribution < 1.29 is 22.0 Å². The third-order valence-corrected chi connectivity index (χ3v) is 4.02. The van der Waals surface area contributed by atoms with Crippen LogP contribution in [0.25, 0.3) is 10.9 Å². The van der Waals surface area contributed by atoms with Gasteiger partial charge < -0.3 is 4.90 Å². The Morgan fingerprint density at radius 3 is 2.46 bits per heavy atom. The summed E-state index contributed by atoms with van der Waals surface area (Å²) >= 11 is 0. The van der Waals surface area contributed by atoms with Crippen LogP contribution in [0.2, 0.25) is 0 Å². The van der Waals surface area contributed by atoms with Crippen molar-refractivity contribution >= 4 is 16.7 Å². The van der Waals surface area contributed by atoms with Crippen LogP contribution in [-0.2, 0) is 0 Å². The molecule has 2 heterocycles. The maximum absolute atomic E-state index is 13.8. The first-order valence-electron chi connectivity index (χ1n) is 7.41. The molecule has 0 unspecified atom stereocenters. The lowest BCUT2D eigenvalue weighted by Crippen LogP contribution is -2.51. The van der Waals surface area contributed by atoms with E-state index in [9.17, 15) is 22.0 Å². The summed E-state index contributed by atoms with van der Waals surface area (Å²) in [6, 6.07) is 4.53. The summed E-state index contributed by atoms with van der Waals surface area (Å²) in [4.78, 5) is 11.2. The van der Waals surface area contributed by atoms with Gasteiger partial charge >= 0.3 is 12.3 Å². The fraction of sp³-hybridized carbons (Fsp3) is 0.467. The van der Waals surface area contributed by atoms with Crippen molar-refractivity contribution in [2.45, 2.75) is 12.3 Å². The molecule has 0 aliphatic carbocycles. The normalized spacial score (nSPS) is 17.0. The van der Waals surface area contributed by atoms with Crippen molar-refractivity contribution in [3.8, 4) is 0 Å². The zero-order valence-corrected chi connectivity index (χ0v) is 12.6. The molecule has 1 aliphatic heterocycles. The summed E-state index contributed by atoms with van der Waals surface area (Å²) in [5.74, 6) is -3.97. The molecule has 1 aromatic heterocycles. The second-order valence-electron chi connectivity index (χ2n) is 5.66. The van der Waals surface area contributed by atoms with Crippen molar-refractivity contribution in [1.82, 2.24) is 14.9 Å². The van der Waals surface area contributed by atoms with Gasteiger partial charge in [0.05, 0.1) is 6.54 Å². The maximum Gasteiger partial charge on any atom is 0.319 e. The number of rotatable bonds is 4. The highest BCUT2D eigenvalue weighted by Crippen LogP contribution is 2.27. The number of benzene rings is 1. The van der Waals surface area contributed by atoms with E-state index in [4.69, 9.17) is 0 Å². The molecule has 130 valence electrons. The lowest BCUT2D eigenvalue weighted by Gasteiger charge is -2.37. The Labute approximate surface area is 134 Å². The molecule has 1 fully saturated rings. The number of nitrogens with zero attached hydrogens (tertiary/aromatic N) is 4. The van der Waals surface area contributed by atoms with Crippen LogP contribution in [0.3, 0.4) is 0 Å². The Bertz CT molecular complexity index is 716. The number of aromatic nitrogens is 2. The van der Waals surface area contributed by atoms with Gasteiger partial charge in [0.15, 0.2) is 0 Å². The molecule has 1 aliphatic rings. The molecule has 0 N–H and O–H groups in total. The standard InChI is InChI=1S/C15H15F5N4/c16-11-3-1-2-10-12(11)21-9-22-13(10)24-6-4-23(5-7-24)8-15(19,20)14(17)18/h1-3,9,14H,4-8H2. The smallest absolute Gasteiger partial charge is 0.319 e. The molecule has 4 nitrogen and oxygen atoms in total. The quantitative estimate of drug-likeness (QED) is 0.797. The topological polar surface area (TPSA) is 32.3 Å². The largest absolute Gasteiger partial charge is 0.353 e. The third kappa shape index (κ3) is 3.26. The van der Waals surface area contributed by atoms with Crippen molar-refractivity contribution in [2.24, 2.45) is 0 Å². The Morgan fingerprint density at radius 1 is 1.08 bits per heavy atom. The molecule has 2 aromatic rings. The lowest BCUT2D eigenvalue weighted by molar-refractivity contribution is -0.142. The highest BCUT2D eigenvalue weighted by molar-refractivity contribution is 5.89. The number of alkyl halides is 4. The van der Waals surface area contributed by atoms with Gasteiger partial charge in [0.25, 0.3) is 0 Å². The first-order chi connectivity index (χ1) is 11.4. The fourth-order valence-corrected chi connectivity index (χ4v) is 2.77. The monoisotopic (exact) mass is 346 g/mol. The highest BCUT2D eigenvalue weighted by Gasteiger charge is 2.42. The van der Waals surface area contributed by atoms with Gasteiger partial charge in [-0.05, 0) is 12.1 Å². The molecule has 0 atom stereocenters. The van der Waals surface area contributed by atoms with E-state index in [1.165, 1.54) is 17.3 Å². The zero-order valence-electron chi connectivity index (χ0n) is 12.6. The molecule has 1 aromatic carbocycles. The van der Waals surface area contributed by atoms with E-state index in [1.54, 1.807) is 12.1 Å². The molecule has 0 saturated carbocycles. The number of fused-ring (bicyclic) bond motifs is 1. The first-order valence-corrected chi connectivity index (χ1v) is 7.41. The second kappa shape index (κ2) is 6.46. The van der Waals surface area contributed by atoms with Gasteiger partial charge in [-0.2, -0.15) is 8.78 Å². The first kappa shape index (κ1) is 16.8. The Morgan fingerprint density at radius 2 is 1.79 bits per heavy atom. The lowest BCUT2D eigenvalue weighted by atomic mass is 10.2. The van der Waals surface area contributed by atoms with Crippen LogP contribution in [0.4, 0.5) is 27.8 Å². The van der Waals surface area contributed by atoms with Gasteiger partial charge in [-0.1, -0.05) is 6.07 Å². The van der Waals surface area contributed by atoms with E-state index < -0.39 is 24.7 Å². The number of anilines is 1. The number of piperazine rings is 1. The molecule has 0 bridgehead atoms. The van der Waals surface area contributed by atoms with Gasteiger partial charge in [0, 0.05) is 31.6 Å². The molecule has 0 amide bonds. The number of halogens is 5. The van der Waals surface area contributed by atoms with Crippen molar-refractivity contribution in [3.63, 3.8) is 0 Å². The van der Waals surface area contributed by atoms with Crippen molar-refractivity contribution in [2.75, 3.05) is 37.6 Å². The van der Waals surface area contributed by atoms with E-state index in [0.717, 1.165) is 0 Å². The maximum atomic E-state index is 13.8. The average Bonchev–Trinajstić information content (AvgIpc) is 2.55. The Hall–Kier alpha value is -2.03. The summed E-state index contributed by atoms with van der Waals surface area (Å²) in [7, 11) is 0. The van der Waals surface area contributed by atoms with Crippen LogP contribution >= 0.6 is 0 Å². The predicted molar refractivity (Wildman–Crippen MR) is 79.1 cm³/mol. The molecule has 1 saturated heterocycles. The molecule has 24 heavy (non-hydrogen) atoms. The molecular weight excluding hydrogens is 331 g/mol. The average molecular weight is 346 g/mol. The molecule has 0 spiro atoms. The van der Waals surface area contributed by atoms with Crippen LogP contribution in [0.5, 0.6) is 0 Å². The van der Waals surface area contributed by atoms with Crippen LogP contribution in [0.1, 0.15) is 0 Å². The fourth-order valence-electron chi connectivity index (χ4n) is 2.77. The number of hydrogen-bond donors (Lipinski definition) is 0. The van der Waals surface area contributed by atoms with Gasteiger partial charge in [0.2, 0.25) is 0 Å². The Balaban J connectivity index is 1.73. The minimum absolute atomic E-state index is 0.189. The van der Waals surface area contributed by atoms with E-state index >= 15 is 0 Å².